The van der Waals surface area contributed by atoms with Crippen molar-refractivity contribution in [2.24, 2.45) is 11.8 Å². The van der Waals surface area contributed by atoms with Crippen molar-refractivity contribution >= 4 is 0 Å². The summed E-state index contributed by atoms with van der Waals surface area (Å²) in [6.07, 6.45) is 5.06. The molecule has 0 N–H and O–H groups in total. The van der Waals surface area contributed by atoms with E-state index < -0.39 is 0 Å². The van der Waals surface area contributed by atoms with Gasteiger partial charge in [-0.3, -0.25) is 0 Å². The van der Waals surface area contributed by atoms with E-state index in [-0.39, 0.29) is 0 Å². The topological polar surface area (TPSA) is 12.5 Å². The fourth-order valence-corrected chi connectivity index (χ4v) is 2.94. The summed E-state index contributed by atoms with van der Waals surface area (Å²) < 4.78 is 5.63. The van der Waals surface area contributed by atoms with Crippen molar-refractivity contribution < 1.29 is 4.74 Å². The molecular formula is C8H12O. The Balaban J connectivity index is 2.04. The van der Waals surface area contributed by atoms with Gasteiger partial charge >= 0.3 is 0 Å². The van der Waals surface area contributed by atoms with Crippen LogP contribution in [0.1, 0.15) is 26.2 Å². The molecule has 3 rings (SSSR count). The first-order valence-corrected chi connectivity index (χ1v) is 3.98. The maximum atomic E-state index is 5.63. The number of hydrogen-bond acceptors (Lipinski definition) is 1. The number of fused-ring (bicyclic) bond motifs is 5. The van der Waals surface area contributed by atoms with Crippen molar-refractivity contribution in [2.45, 2.75) is 37.9 Å². The molecule has 0 aromatic rings. The summed E-state index contributed by atoms with van der Waals surface area (Å²) in [6, 6.07) is 0. The molecule has 1 aliphatic heterocycles. The summed E-state index contributed by atoms with van der Waals surface area (Å²) in [7, 11) is 0. The van der Waals surface area contributed by atoms with Gasteiger partial charge in [-0.15, -0.1) is 0 Å². The van der Waals surface area contributed by atoms with Crippen LogP contribution in [0.2, 0.25) is 0 Å². The third-order valence-corrected chi connectivity index (χ3v) is 3.60. The maximum absolute atomic E-state index is 5.63. The van der Waals surface area contributed by atoms with Crippen molar-refractivity contribution in [1.29, 1.82) is 0 Å². The second-order valence-electron chi connectivity index (χ2n) is 3.99. The number of ether oxygens (including phenoxy) is 1. The van der Waals surface area contributed by atoms with E-state index in [0.717, 1.165) is 11.8 Å². The lowest BCUT2D eigenvalue weighted by molar-refractivity contribution is 0.208. The Kier molecular flexibility index (Phi) is 0.563. The summed E-state index contributed by atoms with van der Waals surface area (Å²) in [4.78, 5) is 0. The van der Waals surface area contributed by atoms with E-state index in [0.29, 0.717) is 11.7 Å². The number of rotatable bonds is 0. The van der Waals surface area contributed by atoms with Crippen LogP contribution >= 0.6 is 0 Å². The molecule has 0 aromatic carbocycles. The normalized spacial score (nSPS) is 68.3. The van der Waals surface area contributed by atoms with E-state index in [9.17, 15) is 0 Å². The zero-order valence-corrected chi connectivity index (χ0v) is 5.76. The SMILES string of the molecule is CC12OC1C1CCC2C1. The first-order chi connectivity index (χ1) is 4.31. The predicted octanol–water partition coefficient (Wildman–Crippen LogP) is 1.57. The number of hydrogen-bond donors (Lipinski definition) is 0. The molecule has 0 aromatic heterocycles. The molecule has 1 heteroatoms. The van der Waals surface area contributed by atoms with E-state index in [1.807, 2.05) is 0 Å². The summed E-state index contributed by atoms with van der Waals surface area (Å²) in [5.41, 5.74) is 0.378. The van der Waals surface area contributed by atoms with E-state index in [1.54, 1.807) is 0 Å². The van der Waals surface area contributed by atoms with Gasteiger partial charge in [-0.25, -0.2) is 0 Å². The fraction of sp³-hybridized carbons (Fsp3) is 1.00. The summed E-state index contributed by atoms with van der Waals surface area (Å²) >= 11 is 0. The third-order valence-electron chi connectivity index (χ3n) is 3.60. The predicted molar refractivity (Wildman–Crippen MR) is 34.1 cm³/mol. The average molecular weight is 124 g/mol. The number of epoxide rings is 1. The highest BCUT2D eigenvalue weighted by atomic mass is 16.6. The van der Waals surface area contributed by atoms with Gasteiger partial charge in [-0.2, -0.15) is 0 Å². The van der Waals surface area contributed by atoms with Crippen LogP contribution in [-0.2, 0) is 4.74 Å². The summed E-state index contributed by atoms with van der Waals surface area (Å²) in [5, 5.41) is 0. The van der Waals surface area contributed by atoms with E-state index in [1.165, 1.54) is 19.3 Å². The van der Waals surface area contributed by atoms with Crippen LogP contribution < -0.4 is 0 Å². The molecule has 1 nitrogen and oxygen atoms in total. The van der Waals surface area contributed by atoms with E-state index in [2.05, 4.69) is 6.92 Å². The molecule has 4 atom stereocenters. The quantitative estimate of drug-likeness (QED) is 0.446. The zero-order chi connectivity index (χ0) is 6.06. The second-order valence-corrected chi connectivity index (χ2v) is 3.99. The lowest BCUT2D eigenvalue weighted by atomic mass is 9.90. The monoisotopic (exact) mass is 124 g/mol. The van der Waals surface area contributed by atoms with Crippen molar-refractivity contribution in [3.8, 4) is 0 Å². The maximum Gasteiger partial charge on any atom is 0.0951 e. The highest BCUT2D eigenvalue weighted by Crippen LogP contribution is 2.63. The Morgan fingerprint density at radius 3 is 2.78 bits per heavy atom. The standard InChI is InChI=1S/C8H12O/c1-8-6-3-2-5(4-6)7(8)9-8/h5-7H,2-4H2,1H3. The lowest BCUT2D eigenvalue weighted by Gasteiger charge is -2.11. The van der Waals surface area contributed by atoms with Gasteiger partial charge in [0, 0.05) is 0 Å². The summed E-state index contributed by atoms with van der Waals surface area (Å²) in [5.74, 6) is 1.90. The minimum Gasteiger partial charge on any atom is -0.366 e. The molecule has 0 radical (unpaired) electrons. The van der Waals surface area contributed by atoms with Crippen LogP contribution in [0.5, 0.6) is 0 Å². The van der Waals surface area contributed by atoms with Gasteiger partial charge in [0.25, 0.3) is 0 Å². The smallest absolute Gasteiger partial charge is 0.0951 e. The van der Waals surface area contributed by atoms with Crippen LogP contribution in [0, 0.1) is 11.8 Å². The molecule has 3 aliphatic rings. The van der Waals surface area contributed by atoms with Crippen molar-refractivity contribution in [3.05, 3.63) is 0 Å². The molecule has 1 heterocycles. The molecule has 3 fully saturated rings. The highest BCUT2D eigenvalue weighted by Gasteiger charge is 2.68. The van der Waals surface area contributed by atoms with Crippen LogP contribution in [0.4, 0.5) is 0 Å². The van der Waals surface area contributed by atoms with Gasteiger partial charge in [-0.1, -0.05) is 0 Å². The lowest BCUT2D eigenvalue weighted by Crippen LogP contribution is -2.18. The van der Waals surface area contributed by atoms with Gasteiger partial charge in [0.15, 0.2) is 0 Å². The Hall–Kier alpha value is -0.0400. The van der Waals surface area contributed by atoms with Gasteiger partial charge in [0.05, 0.1) is 11.7 Å². The largest absolute Gasteiger partial charge is 0.366 e. The third kappa shape index (κ3) is 0.362. The van der Waals surface area contributed by atoms with Crippen LogP contribution in [0.3, 0.4) is 0 Å². The molecule has 2 bridgehead atoms. The Labute approximate surface area is 55.4 Å². The minimum atomic E-state index is 0.378. The van der Waals surface area contributed by atoms with Crippen LogP contribution in [-0.4, -0.2) is 11.7 Å². The Morgan fingerprint density at radius 1 is 1.44 bits per heavy atom. The summed E-state index contributed by atoms with van der Waals surface area (Å²) in [6.45, 7) is 2.29. The molecule has 2 saturated carbocycles. The van der Waals surface area contributed by atoms with Crippen molar-refractivity contribution in [1.82, 2.24) is 0 Å². The van der Waals surface area contributed by atoms with Crippen molar-refractivity contribution in [3.63, 3.8) is 0 Å². The zero-order valence-electron chi connectivity index (χ0n) is 5.76. The molecule has 0 amide bonds. The van der Waals surface area contributed by atoms with Gasteiger partial charge in [0.2, 0.25) is 0 Å². The van der Waals surface area contributed by atoms with Crippen molar-refractivity contribution in [2.75, 3.05) is 0 Å². The molecule has 9 heavy (non-hydrogen) atoms. The second kappa shape index (κ2) is 1.07. The highest BCUT2D eigenvalue weighted by molar-refractivity contribution is 5.16. The average Bonchev–Trinajstić information content (AvgIpc) is 2.34. The fourth-order valence-electron chi connectivity index (χ4n) is 2.94. The van der Waals surface area contributed by atoms with Gasteiger partial charge in [-0.05, 0) is 38.0 Å². The Morgan fingerprint density at radius 2 is 2.33 bits per heavy atom. The molecule has 0 spiro atoms. The molecule has 2 aliphatic carbocycles. The van der Waals surface area contributed by atoms with Crippen LogP contribution in [0.25, 0.3) is 0 Å². The van der Waals surface area contributed by atoms with Gasteiger partial charge < -0.3 is 4.74 Å². The first kappa shape index (κ1) is 4.73. The Bertz CT molecular complexity index is 166. The van der Waals surface area contributed by atoms with E-state index in [4.69, 9.17) is 4.74 Å². The molecular weight excluding hydrogens is 112 g/mol. The minimum absolute atomic E-state index is 0.378. The van der Waals surface area contributed by atoms with Gasteiger partial charge in [0.1, 0.15) is 0 Å². The molecule has 50 valence electrons. The molecule has 1 saturated heterocycles. The molecule has 4 unspecified atom stereocenters. The van der Waals surface area contributed by atoms with E-state index >= 15 is 0 Å². The van der Waals surface area contributed by atoms with Crippen LogP contribution in [0.15, 0.2) is 0 Å². The first-order valence-electron chi connectivity index (χ1n) is 3.98.